The molecule has 0 saturated carbocycles. The zero-order valence-electron chi connectivity index (χ0n) is 8.80. The number of halogens is 4. The molecule has 7 nitrogen and oxygen atoms in total. The third kappa shape index (κ3) is 2.62. The van der Waals surface area contributed by atoms with Crippen LogP contribution in [0, 0.1) is 10.1 Å². The van der Waals surface area contributed by atoms with Crippen LogP contribution in [0.15, 0.2) is 18.6 Å². The highest BCUT2D eigenvalue weighted by Gasteiger charge is 2.32. The Hall–Kier alpha value is -2.23. The lowest BCUT2D eigenvalue weighted by atomic mass is 10.3. The fourth-order valence-corrected chi connectivity index (χ4v) is 1.45. The van der Waals surface area contributed by atoms with Gasteiger partial charge in [-0.25, -0.2) is 4.98 Å². The summed E-state index contributed by atoms with van der Waals surface area (Å²) in [6.45, 7) is 0. The first-order valence-electron chi connectivity index (χ1n) is 4.58. The molecule has 0 unspecified atom stereocenters. The highest BCUT2D eigenvalue weighted by molar-refractivity contribution is 6.32. The molecule has 2 aromatic heterocycles. The fourth-order valence-electron chi connectivity index (χ4n) is 1.19. The molecule has 0 atom stereocenters. The van der Waals surface area contributed by atoms with Gasteiger partial charge < -0.3 is 10.1 Å². The minimum atomic E-state index is -4.58. The van der Waals surface area contributed by atoms with Crippen molar-refractivity contribution in [1.29, 1.82) is 0 Å². The van der Waals surface area contributed by atoms with Crippen LogP contribution in [0.3, 0.4) is 0 Å². The summed E-state index contributed by atoms with van der Waals surface area (Å²) in [7, 11) is 0. The van der Waals surface area contributed by atoms with Gasteiger partial charge in [0.25, 0.3) is 0 Å². The van der Waals surface area contributed by atoms with Gasteiger partial charge in [0.15, 0.2) is 5.82 Å². The summed E-state index contributed by atoms with van der Waals surface area (Å²) in [5.74, 6) is -0.895. The first-order chi connectivity index (χ1) is 8.79. The minimum absolute atomic E-state index is 0.185. The number of aromatic nitrogens is 4. The fraction of sp³-hybridized carbons (Fsp3) is 0.125. The van der Waals surface area contributed by atoms with E-state index in [9.17, 15) is 23.3 Å². The normalized spacial score (nSPS) is 11.6. The summed E-state index contributed by atoms with van der Waals surface area (Å²) in [5, 5.41) is 13.4. The van der Waals surface area contributed by atoms with Gasteiger partial charge in [-0.15, -0.1) is 4.68 Å². The Morgan fingerprint density at radius 2 is 2.05 bits per heavy atom. The molecule has 19 heavy (non-hydrogen) atoms. The number of nitro groups is 1. The molecule has 0 amide bonds. The Morgan fingerprint density at radius 3 is 2.53 bits per heavy atom. The van der Waals surface area contributed by atoms with Crippen molar-refractivity contribution in [2.45, 2.75) is 6.18 Å². The van der Waals surface area contributed by atoms with Gasteiger partial charge in [0.05, 0.1) is 10.6 Å². The first kappa shape index (κ1) is 13.2. The van der Waals surface area contributed by atoms with Gasteiger partial charge in [0, 0.05) is 11.3 Å². The SMILES string of the molecule is O=[N+]([O-])c1ncn(-c2ncc(C(F)(F)F)cc2Cl)n1. The minimum Gasteiger partial charge on any atom is -0.390 e. The quantitative estimate of drug-likeness (QED) is 0.626. The summed E-state index contributed by atoms with van der Waals surface area (Å²) in [6.07, 6.45) is -3.10. The van der Waals surface area contributed by atoms with E-state index in [0.717, 1.165) is 11.0 Å². The van der Waals surface area contributed by atoms with E-state index in [4.69, 9.17) is 11.6 Å². The molecule has 0 aliphatic rings. The lowest BCUT2D eigenvalue weighted by Gasteiger charge is -2.07. The predicted molar refractivity (Wildman–Crippen MR) is 55.8 cm³/mol. The predicted octanol–water partition coefficient (Wildman–Crippen LogP) is 2.24. The topological polar surface area (TPSA) is 86.7 Å². The summed E-state index contributed by atoms with van der Waals surface area (Å²) in [5.41, 5.74) is -1.03. The van der Waals surface area contributed by atoms with Crippen LogP contribution >= 0.6 is 11.6 Å². The highest BCUT2D eigenvalue weighted by Crippen LogP contribution is 2.31. The van der Waals surface area contributed by atoms with Crippen molar-refractivity contribution < 1.29 is 18.1 Å². The van der Waals surface area contributed by atoms with Gasteiger partial charge >= 0.3 is 12.1 Å². The van der Waals surface area contributed by atoms with E-state index in [-0.39, 0.29) is 10.8 Å². The molecule has 0 bridgehead atoms. The second-order valence-corrected chi connectivity index (χ2v) is 3.68. The number of hydrogen-bond acceptors (Lipinski definition) is 5. The molecule has 11 heteroatoms. The van der Waals surface area contributed by atoms with Gasteiger partial charge in [0.1, 0.15) is 0 Å². The zero-order chi connectivity index (χ0) is 14.2. The third-order valence-electron chi connectivity index (χ3n) is 2.01. The molecule has 0 aromatic carbocycles. The maximum atomic E-state index is 12.4. The Bertz CT molecular complexity index is 642. The van der Waals surface area contributed by atoms with Crippen molar-refractivity contribution in [3.05, 3.63) is 39.3 Å². The van der Waals surface area contributed by atoms with Crippen LogP contribution < -0.4 is 0 Å². The van der Waals surface area contributed by atoms with Crippen molar-refractivity contribution in [3.8, 4) is 5.82 Å². The van der Waals surface area contributed by atoms with Crippen molar-refractivity contribution in [2.75, 3.05) is 0 Å². The second kappa shape index (κ2) is 4.46. The molecule has 0 N–H and O–H groups in total. The second-order valence-electron chi connectivity index (χ2n) is 3.27. The van der Waals surface area contributed by atoms with Gasteiger partial charge in [-0.1, -0.05) is 16.6 Å². The monoisotopic (exact) mass is 293 g/mol. The standard InChI is InChI=1S/C8H3ClF3N5O2/c9-5-1-4(8(10,11)12)2-13-6(5)16-3-14-7(15-16)17(18)19/h1-3H. The van der Waals surface area contributed by atoms with E-state index >= 15 is 0 Å². The summed E-state index contributed by atoms with van der Waals surface area (Å²) in [6, 6.07) is 0.650. The molecule has 100 valence electrons. The van der Waals surface area contributed by atoms with Crippen LogP contribution in [0.2, 0.25) is 5.02 Å². The smallest absolute Gasteiger partial charge is 0.390 e. The third-order valence-corrected chi connectivity index (χ3v) is 2.29. The molecule has 2 heterocycles. The molecular weight excluding hydrogens is 291 g/mol. The van der Waals surface area contributed by atoms with E-state index in [1.807, 2.05) is 0 Å². The van der Waals surface area contributed by atoms with Crippen LogP contribution in [0.1, 0.15) is 5.56 Å². The average molecular weight is 294 g/mol. The molecule has 0 saturated heterocycles. The summed E-state index contributed by atoms with van der Waals surface area (Å²) < 4.78 is 38.0. The number of hydrogen-bond donors (Lipinski definition) is 0. The van der Waals surface area contributed by atoms with Crippen LogP contribution in [-0.4, -0.2) is 24.7 Å². The molecule has 2 aromatic rings. The molecule has 0 aliphatic heterocycles. The zero-order valence-corrected chi connectivity index (χ0v) is 9.55. The molecule has 0 spiro atoms. The number of nitrogens with zero attached hydrogens (tertiary/aromatic N) is 5. The van der Waals surface area contributed by atoms with E-state index in [0.29, 0.717) is 12.3 Å². The van der Waals surface area contributed by atoms with Crippen molar-refractivity contribution in [3.63, 3.8) is 0 Å². The van der Waals surface area contributed by atoms with Crippen LogP contribution in [0.5, 0.6) is 0 Å². The Balaban J connectivity index is 2.43. The Morgan fingerprint density at radius 1 is 1.37 bits per heavy atom. The van der Waals surface area contributed by atoms with Crippen molar-refractivity contribution in [1.82, 2.24) is 19.7 Å². The van der Waals surface area contributed by atoms with Gasteiger partial charge in [-0.05, 0) is 11.0 Å². The lowest BCUT2D eigenvalue weighted by molar-refractivity contribution is -0.394. The van der Waals surface area contributed by atoms with E-state index in [1.165, 1.54) is 0 Å². The maximum Gasteiger partial charge on any atom is 0.491 e. The van der Waals surface area contributed by atoms with E-state index in [2.05, 4.69) is 15.1 Å². The Kier molecular flexibility index (Phi) is 3.10. The van der Waals surface area contributed by atoms with Crippen LogP contribution in [-0.2, 0) is 6.18 Å². The molecule has 0 radical (unpaired) electrons. The first-order valence-corrected chi connectivity index (χ1v) is 4.96. The highest BCUT2D eigenvalue weighted by atomic mass is 35.5. The van der Waals surface area contributed by atoms with E-state index < -0.39 is 22.6 Å². The van der Waals surface area contributed by atoms with Crippen molar-refractivity contribution in [2.24, 2.45) is 0 Å². The van der Waals surface area contributed by atoms with Gasteiger partial charge in [-0.2, -0.15) is 13.2 Å². The summed E-state index contributed by atoms with van der Waals surface area (Å²) in [4.78, 5) is 16.3. The number of pyridine rings is 1. The molecular formula is C8H3ClF3N5O2. The van der Waals surface area contributed by atoms with Crippen LogP contribution in [0.25, 0.3) is 5.82 Å². The van der Waals surface area contributed by atoms with Gasteiger partial charge in [0.2, 0.25) is 6.33 Å². The molecule has 2 rings (SSSR count). The Labute approximate surface area is 107 Å². The molecule has 0 fully saturated rings. The van der Waals surface area contributed by atoms with E-state index in [1.54, 1.807) is 0 Å². The maximum absolute atomic E-state index is 12.4. The average Bonchev–Trinajstić information content (AvgIpc) is 2.76. The lowest BCUT2D eigenvalue weighted by Crippen LogP contribution is -2.08. The number of rotatable bonds is 2. The van der Waals surface area contributed by atoms with Crippen molar-refractivity contribution >= 4 is 17.5 Å². The largest absolute Gasteiger partial charge is 0.491 e. The summed E-state index contributed by atoms with van der Waals surface area (Å²) >= 11 is 5.64. The van der Waals surface area contributed by atoms with Crippen LogP contribution in [0.4, 0.5) is 19.1 Å². The number of alkyl halides is 3. The molecule has 0 aliphatic carbocycles. The van der Waals surface area contributed by atoms with Gasteiger partial charge in [-0.3, -0.25) is 0 Å².